The number of hydrogen-bond donors (Lipinski definition) is 0. The molecule has 6 nitrogen and oxygen atoms in total. The molecule has 0 radical (unpaired) electrons. The van der Waals surface area contributed by atoms with E-state index in [0.29, 0.717) is 6.04 Å². The molecule has 1 saturated heterocycles. The minimum absolute atomic E-state index is 0.545. The minimum atomic E-state index is 0.545. The zero-order valence-corrected chi connectivity index (χ0v) is 14.6. The van der Waals surface area contributed by atoms with Crippen LogP contribution in [0, 0.1) is 0 Å². The zero-order valence-electron chi connectivity index (χ0n) is 13.8. The summed E-state index contributed by atoms with van der Waals surface area (Å²) in [5.41, 5.74) is 1.32. The van der Waals surface area contributed by atoms with Crippen LogP contribution < -0.4 is 0 Å². The van der Waals surface area contributed by atoms with Gasteiger partial charge in [0.25, 0.3) is 0 Å². The highest BCUT2D eigenvalue weighted by molar-refractivity contribution is 6.30. The molecule has 128 valence electrons. The topological polar surface area (TPSA) is 50.1 Å². The van der Waals surface area contributed by atoms with Crippen molar-refractivity contribution in [1.29, 1.82) is 0 Å². The predicted molar refractivity (Wildman–Crippen MR) is 92.7 cm³/mol. The van der Waals surface area contributed by atoms with Gasteiger partial charge in [0, 0.05) is 24.7 Å². The molecule has 0 N–H and O–H groups in total. The number of benzene rings is 1. The third kappa shape index (κ3) is 3.94. The van der Waals surface area contributed by atoms with Crippen molar-refractivity contribution < 1.29 is 0 Å². The molecule has 2 heterocycles. The van der Waals surface area contributed by atoms with E-state index in [0.717, 1.165) is 50.1 Å². The van der Waals surface area contributed by atoms with Crippen molar-refractivity contribution in [3.8, 4) is 0 Å². The fourth-order valence-electron chi connectivity index (χ4n) is 3.31. The van der Waals surface area contributed by atoms with Gasteiger partial charge in [0.1, 0.15) is 0 Å². The lowest BCUT2D eigenvalue weighted by molar-refractivity contribution is 0.240. The monoisotopic (exact) mass is 346 g/mol. The summed E-state index contributed by atoms with van der Waals surface area (Å²) in [5.74, 6) is 1.02. The van der Waals surface area contributed by atoms with Crippen LogP contribution >= 0.6 is 11.6 Å². The Bertz CT molecular complexity index is 666. The molecular formula is C17H23ClN6. The van der Waals surface area contributed by atoms with Crippen LogP contribution in [-0.2, 0) is 13.1 Å². The lowest BCUT2D eigenvalue weighted by Gasteiger charge is -2.21. The van der Waals surface area contributed by atoms with E-state index >= 15 is 0 Å². The standard InChI is InChI=1S/C17H23ClN6/c18-15-4-2-14(3-5-15)12-22-8-1-9-23(11-10-22)13-17-19-20-21-24(17)16-6-7-16/h2-5,16H,1,6-13H2. The molecule has 2 fully saturated rings. The quantitative estimate of drug-likeness (QED) is 0.832. The number of nitrogens with zero attached hydrogens (tertiary/aromatic N) is 6. The summed E-state index contributed by atoms with van der Waals surface area (Å²) in [7, 11) is 0. The van der Waals surface area contributed by atoms with Crippen molar-refractivity contribution in [2.24, 2.45) is 0 Å². The fourth-order valence-corrected chi connectivity index (χ4v) is 3.43. The molecule has 0 atom stereocenters. The smallest absolute Gasteiger partial charge is 0.165 e. The van der Waals surface area contributed by atoms with Gasteiger partial charge >= 0.3 is 0 Å². The van der Waals surface area contributed by atoms with Crippen LogP contribution in [0.3, 0.4) is 0 Å². The summed E-state index contributed by atoms with van der Waals surface area (Å²) < 4.78 is 2.02. The van der Waals surface area contributed by atoms with Crippen LogP contribution in [0.15, 0.2) is 24.3 Å². The number of aromatic nitrogens is 4. The van der Waals surface area contributed by atoms with Crippen LogP contribution in [-0.4, -0.2) is 56.2 Å². The van der Waals surface area contributed by atoms with Crippen molar-refractivity contribution in [2.75, 3.05) is 26.2 Å². The van der Waals surface area contributed by atoms with Crippen LogP contribution in [0.1, 0.15) is 36.7 Å². The van der Waals surface area contributed by atoms with Gasteiger partial charge in [0.15, 0.2) is 5.82 Å². The van der Waals surface area contributed by atoms with E-state index in [2.05, 4.69) is 37.5 Å². The second kappa shape index (κ2) is 7.17. The highest BCUT2D eigenvalue weighted by Crippen LogP contribution is 2.34. The van der Waals surface area contributed by atoms with Crippen molar-refractivity contribution >= 4 is 11.6 Å². The fraction of sp³-hybridized carbons (Fsp3) is 0.588. The molecular weight excluding hydrogens is 324 g/mol. The van der Waals surface area contributed by atoms with Gasteiger partial charge in [-0.05, 0) is 60.5 Å². The summed E-state index contributed by atoms with van der Waals surface area (Å²) >= 11 is 5.97. The van der Waals surface area contributed by atoms with Crippen LogP contribution in [0.5, 0.6) is 0 Å². The molecule has 1 aliphatic heterocycles. The average Bonchev–Trinajstić information content (AvgIpc) is 3.36. The Morgan fingerprint density at radius 1 is 0.958 bits per heavy atom. The summed E-state index contributed by atoms with van der Waals surface area (Å²) in [6.07, 6.45) is 3.61. The lowest BCUT2D eigenvalue weighted by atomic mass is 10.2. The predicted octanol–water partition coefficient (Wildman–Crippen LogP) is 2.37. The molecule has 0 bridgehead atoms. The first-order valence-electron chi connectivity index (χ1n) is 8.74. The molecule has 1 aromatic carbocycles. The summed E-state index contributed by atoms with van der Waals surface area (Å²) in [6.45, 7) is 6.23. The van der Waals surface area contributed by atoms with Crippen molar-refractivity contribution in [2.45, 2.75) is 38.4 Å². The number of tetrazole rings is 1. The highest BCUT2D eigenvalue weighted by atomic mass is 35.5. The van der Waals surface area contributed by atoms with Crippen molar-refractivity contribution in [3.63, 3.8) is 0 Å². The second-order valence-electron chi connectivity index (χ2n) is 6.80. The summed E-state index contributed by atoms with van der Waals surface area (Å²) in [4.78, 5) is 5.00. The molecule has 4 rings (SSSR count). The molecule has 1 aliphatic carbocycles. The SMILES string of the molecule is Clc1ccc(CN2CCCN(Cc3nnnn3C3CC3)CC2)cc1. The van der Waals surface area contributed by atoms with Crippen LogP contribution in [0.2, 0.25) is 5.02 Å². The first-order valence-corrected chi connectivity index (χ1v) is 9.11. The van der Waals surface area contributed by atoms with Gasteiger partial charge in [-0.1, -0.05) is 23.7 Å². The third-order valence-corrected chi connectivity index (χ3v) is 5.07. The van der Waals surface area contributed by atoms with Gasteiger partial charge in [-0.3, -0.25) is 9.80 Å². The Morgan fingerprint density at radius 3 is 2.38 bits per heavy atom. The Morgan fingerprint density at radius 2 is 1.67 bits per heavy atom. The van der Waals surface area contributed by atoms with Gasteiger partial charge < -0.3 is 0 Å². The largest absolute Gasteiger partial charge is 0.298 e. The highest BCUT2D eigenvalue weighted by Gasteiger charge is 2.28. The summed E-state index contributed by atoms with van der Waals surface area (Å²) in [6, 6.07) is 8.73. The number of rotatable bonds is 5. The van der Waals surface area contributed by atoms with Crippen LogP contribution in [0.4, 0.5) is 0 Å². The van der Waals surface area contributed by atoms with E-state index in [1.54, 1.807) is 0 Å². The first-order chi connectivity index (χ1) is 11.8. The normalized spacial score (nSPS) is 20.2. The zero-order chi connectivity index (χ0) is 16.4. The summed E-state index contributed by atoms with van der Waals surface area (Å²) in [5, 5.41) is 13.0. The molecule has 7 heteroatoms. The molecule has 2 aliphatic rings. The number of halogens is 1. The molecule has 24 heavy (non-hydrogen) atoms. The molecule has 2 aromatic rings. The van der Waals surface area contributed by atoms with E-state index in [1.807, 2.05) is 16.8 Å². The maximum Gasteiger partial charge on any atom is 0.165 e. The lowest BCUT2D eigenvalue weighted by Crippen LogP contribution is -2.31. The van der Waals surface area contributed by atoms with E-state index in [-0.39, 0.29) is 0 Å². The van der Waals surface area contributed by atoms with E-state index in [9.17, 15) is 0 Å². The van der Waals surface area contributed by atoms with Crippen LogP contribution in [0.25, 0.3) is 0 Å². The molecule has 1 aromatic heterocycles. The van der Waals surface area contributed by atoms with Gasteiger partial charge in [0.05, 0.1) is 12.6 Å². The van der Waals surface area contributed by atoms with Gasteiger partial charge in [-0.15, -0.1) is 5.10 Å². The van der Waals surface area contributed by atoms with E-state index in [4.69, 9.17) is 11.6 Å². The van der Waals surface area contributed by atoms with Gasteiger partial charge in [0.2, 0.25) is 0 Å². The molecule has 0 amide bonds. The minimum Gasteiger partial charge on any atom is -0.298 e. The Hall–Kier alpha value is -1.50. The third-order valence-electron chi connectivity index (χ3n) is 4.82. The number of hydrogen-bond acceptors (Lipinski definition) is 5. The van der Waals surface area contributed by atoms with Gasteiger partial charge in [-0.2, -0.15) is 0 Å². The Kier molecular flexibility index (Phi) is 4.78. The molecule has 0 unspecified atom stereocenters. The molecule has 0 spiro atoms. The van der Waals surface area contributed by atoms with Crippen molar-refractivity contribution in [3.05, 3.63) is 40.7 Å². The Balaban J connectivity index is 1.32. The van der Waals surface area contributed by atoms with E-state index in [1.165, 1.54) is 24.8 Å². The Labute approximate surface area is 147 Å². The average molecular weight is 347 g/mol. The second-order valence-corrected chi connectivity index (χ2v) is 7.24. The first kappa shape index (κ1) is 16.0. The van der Waals surface area contributed by atoms with E-state index < -0.39 is 0 Å². The van der Waals surface area contributed by atoms with Crippen molar-refractivity contribution in [1.82, 2.24) is 30.0 Å². The molecule has 1 saturated carbocycles. The van der Waals surface area contributed by atoms with Gasteiger partial charge in [-0.25, -0.2) is 4.68 Å². The maximum atomic E-state index is 5.97. The maximum absolute atomic E-state index is 5.97.